The first-order valence-electron chi connectivity index (χ1n) is 10.4. The third-order valence-corrected chi connectivity index (χ3v) is 6.59. The van der Waals surface area contributed by atoms with Crippen molar-refractivity contribution in [2.24, 2.45) is 0 Å². The Hall–Kier alpha value is -3.51. The van der Waals surface area contributed by atoms with Crippen molar-refractivity contribution in [1.29, 1.82) is 0 Å². The number of amides is 3. The highest BCUT2D eigenvalue weighted by Crippen LogP contribution is 2.34. The molecule has 3 heterocycles. The van der Waals surface area contributed by atoms with Gasteiger partial charge < -0.3 is 15.6 Å². The van der Waals surface area contributed by atoms with Crippen molar-refractivity contribution in [3.63, 3.8) is 0 Å². The van der Waals surface area contributed by atoms with Crippen molar-refractivity contribution in [3.8, 4) is 0 Å². The lowest BCUT2D eigenvalue weighted by molar-refractivity contribution is -0.160. The van der Waals surface area contributed by atoms with Gasteiger partial charge in [-0.1, -0.05) is 0 Å². The second kappa shape index (κ2) is 8.69. The van der Waals surface area contributed by atoms with Gasteiger partial charge in [0.05, 0.1) is 23.4 Å². The zero-order valence-corrected chi connectivity index (χ0v) is 19.5. The van der Waals surface area contributed by atoms with E-state index in [9.17, 15) is 27.2 Å². The summed E-state index contributed by atoms with van der Waals surface area (Å²) >= 11 is 0. The van der Waals surface area contributed by atoms with Crippen LogP contribution in [0.3, 0.4) is 0 Å². The van der Waals surface area contributed by atoms with Crippen LogP contribution in [0.4, 0.5) is 10.1 Å². The van der Waals surface area contributed by atoms with Gasteiger partial charge in [-0.15, -0.1) is 0 Å². The molecule has 1 aromatic carbocycles. The highest BCUT2D eigenvalue weighted by atomic mass is 32.2. The van der Waals surface area contributed by atoms with Crippen LogP contribution < -0.4 is 10.6 Å². The molecule has 0 saturated carbocycles. The molecule has 1 saturated heterocycles. The lowest BCUT2D eigenvalue weighted by Gasteiger charge is -2.14. The van der Waals surface area contributed by atoms with E-state index in [1.807, 2.05) is 0 Å². The van der Waals surface area contributed by atoms with Crippen molar-refractivity contribution < 1.29 is 32.0 Å². The number of anilines is 1. The van der Waals surface area contributed by atoms with Crippen LogP contribution in [0.15, 0.2) is 18.2 Å². The predicted molar refractivity (Wildman–Crippen MR) is 122 cm³/mol. The standard InChI is InChI=1S/C22H23FN4O6S/c1-11-17(9-15-14-8-13(23)4-5-16(14)25-20(15)28)24-12(2)19(11)21(29)26-18-10-33-27(22(18)30)6-7-34(3,31)32/h4-5,8-9,18,24H,6-7,10H2,1-3H3,(H,25,28)(H,26,29)/t18-/m1/s1. The SMILES string of the molecule is Cc1[nH]c(C=C2C(=O)Nc3ccc(F)cc32)c(C)c1C(=O)N[C@@H]1CON(CCS(C)(=O)=O)C1=O. The minimum absolute atomic E-state index is 0.115. The molecule has 2 aromatic rings. The maximum absolute atomic E-state index is 13.7. The van der Waals surface area contributed by atoms with Gasteiger partial charge in [-0.25, -0.2) is 17.9 Å². The second-order valence-corrected chi connectivity index (χ2v) is 10.5. The number of aromatic amines is 1. The summed E-state index contributed by atoms with van der Waals surface area (Å²) in [4.78, 5) is 46.1. The molecule has 0 radical (unpaired) electrons. The normalized spacial score (nSPS) is 19.0. The van der Waals surface area contributed by atoms with Gasteiger partial charge in [0.2, 0.25) is 0 Å². The fourth-order valence-electron chi connectivity index (χ4n) is 3.94. The zero-order chi connectivity index (χ0) is 24.8. The third kappa shape index (κ3) is 4.59. The maximum atomic E-state index is 13.7. The number of hydroxylamine groups is 2. The van der Waals surface area contributed by atoms with E-state index in [0.717, 1.165) is 11.3 Å². The van der Waals surface area contributed by atoms with Crippen LogP contribution in [0.1, 0.15) is 32.9 Å². The molecule has 10 nitrogen and oxygen atoms in total. The molecule has 1 atom stereocenters. The molecule has 2 aliphatic rings. The number of sulfone groups is 1. The van der Waals surface area contributed by atoms with Crippen molar-refractivity contribution in [3.05, 3.63) is 52.1 Å². The number of hydrogen-bond donors (Lipinski definition) is 3. The average Bonchev–Trinajstić information content (AvgIpc) is 3.34. The molecule has 34 heavy (non-hydrogen) atoms. The summed E-state index contributed by atoms with van der Waals surface area (Å²) in [5.74, 6) is -2.18. The minimum atomic E-state index is -3.28. The van der Waals surface area contributed by atoms with Gasteiger partial charge in [0.25, 0.3) is 17.7 Å². The molecule has 3 N–H and O–H groups in total. The highest BCUT2D eigenvalue weighted by Gasteiger charge is 2.35. The average molecular weight is 491 g/mol. The molecule has 0 unspecified atom stereocenters. The first-order chi connectivity index (χ1) is 15.9. The Morgan fingerprint density at radius 2 is 2.06 bits per heavy atom. The number of H-pyrrole nitrogens is 1. The van der Waals surface area contributed by atoms with Crippen molar-refractivity contribution >= 4 is 44.9 Å². The fraction of sp³-hybridized carbons (Fsp3) is 0.318. The Bertz CT molecular complexity index is 1350. The first-order valence-corrected chi connectivity index (χ1v) is 12.5. The highest BCUT2D eigenvalue weighted by molar-refractivity contribution is 7.90. The van der Waals surface area contributed by atoms with Crippen LogP contribution in [-0.2, 0) is 24.3 Å². The molecule has 0 bridgehead atoms. The lowest BCUT2D eigenvalue weighted by atomic mass is 10.0. The van der Waals surface area contributed by atoms with Gasteiger partial charge in [-0.3, -0.25) is 19.2 Å². The van der Waals surface area contributed by atoms with Gasteiger partial charge in [0, 0.05) is 28.9 Å². The Kier molecular flexibility index (Phi) is 6.04. The number of nitrogens with zero attached hydrogens (tertiary/aromatic N) is 1. The number of aromatic nitrogens is 1. The van der Waals surface area contributed by atoms with Gasteiger partial charge in [0.1, 0.15) is 28.3 Å². The number of rotatable bonds is 6. The molecule has 180 valence electrons. The summed E-state index contributed by atoms with van der Waals surface area (Å²) in [6.07, 6.45) is 2.61. The molecule has 1 fully saturated rings. The van der Waals surface area contributed by atoms with Crippen molar-refractivity contribution in [1.82, 2.24) is 15.4 Å². The van der Waals surface area contributed by atoms with Gasteiger partial charge in [0.15, 0.2) is 0 Å². The van der Waals surface area contributed by atoms with E-state index in [1.165, 1.54) is 18.2 Å². The largest absolute Gasteiger partial charge is 0.358 e. The van der Waals surface area contributed by atoms with E-state index >= 15 is 0 Å². The molecule has 1 aromatic heterocycles. The Morgan fingerprint density at radius 3 is 2.76 bits per heavy atom. The van der Waals surface area contributed by atoms with Gasteiger partial charge in [-0.05, 0) is 43.7 Å². The summed E-state index contributed by atoms with van der Waals surface area (Å²) in [5.41, 5.74) is 3.02. The summed E-state index contributed by atoms with van der Waals surface area (Å²) in [5, 5.41) is 6.23. The zero-order valence-electron chi connectivity index (χ0n) is 18.7. The molecule has 12 heteroatoms. The van der Waals surface area contributed by atoms with Gasteiger partial charge in [-0.2, -0.15) is 0 Å². The number of aryl methyl sites for hydroxylation is 1. The molecular weight excluding hydrogens is 467 g/mol. The van der Waals surface area contributed by atoms with E-state index in [0.29, 0.717) is 33.8 Å². The number of carbonyl (C=O) groups excluding carboxylic acids is 3. The fourth-order valence-corrected chi connectivity index (χ4v) is 4.44. The summed E-state index contributed by atoms with van der Waals surface area (Å²) in [7, 11) is -3.28. The van der Waals surface area contributed by atoms with Crippen LogP contribution in [0.2, 0.25) is 0 Å². The minimum Gasteiger partial charge on any atom is -0.358 e. The van der Waals surface area contributed by atoms with E-state index in [4.69, 9.17) is 4.84 Å². The number of halogens is 1. The topological polar surface area (TPSA) is 138 Å². The molecule has 0 spiro atoms. The summed E-state index contributed by atoms with van der Waals surface area (Å²) in [6.45, 7) is 3.12. The molecule has 3 amide bonds. The number of carbonyl (C=O) groups is 3. The van der Waals surface area contributed by atoms with E-state index in [-0.39, 0.29) is 30.4 Å². The summed E-state index contributed by atoms with van der Waals surface area (Å²) < 4.78 is 36.4. The maximum Gasteiger partial charge on any atom is 0.271 e. The van der Waals surface area contributed by atoms with E-state index in [2.05, 4.69) is 15.6 Å². The van der Waals surface area contributed by atoms with Crippen LogP contribution in [0.5, 0.6) is 0 Å². The van der Waals surface area contributed by atoms with E-state index in [1.54, 1.807) is 19.9 Å². The smallest absolute Gasteiger partial charge is 0.271 e. The quantitative estimate of drug-likeness (QED) is 0.520. The molecule has 2 aliphatic heterocycles. The Balaban J connectivity index is 1.53. The van der Waals surface area contributed by atoms with Crippen molar-refractivity contribution in [2.75, 3.05) is 30.5 Å². The Labute approximate surface area is 195 Å². The monoisotopic (exact) mass is 490 g/mol. The Morgan fingerprint density at radius 1 is 1.32 bits per heavy atom. The second-order valence-electron chi connectivity index (χ2n) is 8.26. The number of hydrogen-bond acceptors (Lipinski definition) is 6. The summed E-state index contributed by atoms with van der Waals surface area (Å²) in [6, 6.07) is 3.04. The lowest BCUT2D eigenvalue weighted by Crippen LogP contribution is -2.43. The van der Waals surface area contributed by atoms with E-state index < -0.39 is 33.5 Å². The number of benzene rings is 1. The predicted octanol–water partition coefficient (Wildman–Crippen LogP) is 1.18. The molecular formula is C22H23FN4O6S. The number of fused-ring (bicyclic) bond motifs is 1. The van der Waals surface area contributed by atoms with Crippen LogP contribution in [0.25, 0.3) is 11.6 Å². The van der Waals surface area contributed by atoms with Gasteiger partial charge >= 0.3 is 0 Å². The molecule has 0 aliphatic carbocycles. The van der Waals surface area contributed by atoms with Crippen molar-refractivity contribution in [2.45, 2.75) is 19.9 Å². The van der Waals surface area contributed by atoms with Crippen LogP contribution in [-0.4, -0.2) is 67.4 Å². The van der Waals surface area contributed by atoms with Crippen LogP contribution >= 0.6 is 0 Å². The van der Waals surface area contributed by atoms with Crippen LogP contribution in [0, 0.1) is 19.7 Å². The third-order valence-electron chi connectivity index (χ3n) is 5.67. The number of nitrogens with one attached hydrogen (secondary N) is 3. The molecule has 4 rings (SSSR count). The first kappa shape index (κ1) is 23.6.